The highest BCUT2D eigenvalue weighted by Crippen LogP contribution is 2.31. The number of ether oxygens (including phenoxy) is 2. The topological polar surface area (TPSA) is 69.9 Å². The highest BCUT2D eigenvalue weighted by Gasteiger charge is 2.33. The van der Waals surface area contributed by atoms with Gasteiger partial charge in [-0.15, -0.1) is 0 Å². The Balaban J connectivity index is 1.51. The van der Waals surface area contributed by atoms with E-state index in [1.807, 2.05) is 42.5 Å². The summed E-state index contributed by atoms with van der Waals surface area (Å²) in [6.45, 7) is 3.96. The van der Waals surface area contributed by atoms with Crippen LogP contribution >= 0.6 is 38.9 Å². The van der Waals surface area contributed by atoms with Crippen LogP contribution in [0.15, 0.2) is 92.3 Å². The number of benzene rings is 3. The summed E-state index contributed by atoms with van der Waals surface area (Å²) in [6.07, 6.45) is 1.77. The van der Waals surface area contributed by atoms with Crippen LogP contribution in [0.4, 0.5) is 4.39 Å². The van der Waals surface area contributed by atoms with Gasteiger partial charge < -0.3 is 9.47 Å². The Bertz CT molecular complexity index is 1800. The first-order valence-electron chi connectivity index (χ1n) is 12.4. The number of thiazole rings is 1. The molecule has 0 saturated heterocycles. The van der Waals surface area contributed by atoms with Gasteiger partial charge >= 0.3 is 5.97 Å². The van der Waals surface area contributed by atoms with Crippen molar-refractivity contribution in [3.63, 3.8) is 0 Å². The van der Waals surface area contributed by atoms with Crippen LogP contribution < -0.4 is 19.6 Å². The summed E-state index contributed by atoms with van der Waals surface area (Å²) in [4.78, 5) is 31.7. The van der Waals surface area contributed by atoms with E-state index in [1.165, 1.54) is 28.0 Å². The van der Waals surface area contributed by atoms with Crippen molar-refractivity contribution in [2.45, 2.75) is 26.5 Å². The number of aromatic nitrogens is 1. The minimum Gasteiger partial charge on any atom is -0.488 e. The van der Waals surface area contributed by atoms with E-state index < -0.39 is 17.8 Å². The Morgan fingerprint density at radius 3 is 2.55 bits per heavy atom. The van der Waals surface area contributed by atoms with Gasteiger partial charge in [-0.1, -0.05) is 53.3 Å². The van der Waals surface area contributed by atoms with Crippen LogP contribution in [0.1, 0.15) is 36.6 Å². The molecule has 0 radical (unpaired) electrons. The van der Waals surface area contributed by atoms with Crippen LogP contribution in [-0.2, 0) is 16.1 Å². The standard InChI is InChI=1S/C30H23BrClFN2O4S/c1-3-38-29(37)26-17(2)34-30-35(27(26)20-7-11-22(33)12-8-20)28(36)25(40-30)15-19-6-13-24(23(31)14-19)39-16-18-4-9-21(32)10-5-18/h4-15,27H,3,16H2,1-2H3/b25-15-/t27-/m0/s1. The van der Waals surface area contributed by atoms with Gasteiger partial charge in [0.1, 0.15) is 18.2 Å². The average molecular weight is 642 g/mol. The molecule has 204 valence electrons. The van der Waals surface area contributed by atoms with Crippen LogP contribution in [-0.4, -0.2) is 17.1 Å². The van der Waals surface area contributed by atoms with Gasteiger partial charge in [0, 0.05) is 5.02 Å². The van der Waals surface area contributed by atoms with Gasteiger partial charge in [0.25, 0.3) is 5.56 Å². The van der Waals surface area contributed by atoms with Crippen LogP contribution in [0, 0.1) is 5.82 Å². The maximum absolute atomic E-state index is 13.7. The molecule has 0 amide bonds. The molecule has 1 aliphatic rings. The zero-order chi connectivity index (χ0) is 28.4. The van der Waals surface area contributed by atoms with Gasteiger partial charge in [-0.2, -0.15) is 0 Å². The SMILES string of the molecule is CCOC(=O)C1=C(C)N=c2s/c(=C\c3ccc(OCc4ccc(Cl)cc4)c(Br)c3)c(=O)n2[C@H]1c1ccc(F)cc1. The predicted molar refractivity (Wildman–Crippen MR) is 157 cm³/mol. The van der Waals surface area contributed by atoms with Crippen molar-refractivity contribution in [3.05, 3.63) is 130 Å². The number of rotatable bonds is 7. The first kappa shape index (κ1) is 28.0. The highest BCUT2D eigenvalue weighted by molar-refractivity contribution is 9.10. The summed E-state index contributed by atoms with van der Waals surface area (Å²) in [5.41, 5.74) is 2.72. The minimum atomic E-state index is -0.798. The lowest BCUT2D eigenvalue weighted by Gasteiger charge is -2.24. The van der Waals surface area contributed by atoms with E-state index in [4.69, 9.17) is 21.1 Å². The van der Waals surface area contributed by atoms with Gasteiger partial charge in [0.15, 0.2) is 4.80 Å². The molecule has 5 rings (SSSR count). The lowest BCUT2D eigenvalue weighted by Crippen LogP contribution is -2.39. The number of carbonyl (C=O) groups is 1. The third kappa shape index (κ3) is 5.82. The first-order chi connectivity index (χ1) is 19.2. The number of carbonyl (C=O) groups excluding carboxylic acids is 1. The third-order valence-electron chi connectivity index (χ3n) is 6.26. The molecule has 0 bridgehead atoms. The molecule has 40 heavy (non-hydrogen) atoms. The van der Waals surface area contributed by atoms with Crippen LogP contribution in [0.25, 0.3) is 6.08 Å². The summed E-state index contributed by atoms with van der Waals surface area (Å²) in [6, 6.07) is 17.9. The highest BCUT2D eigenvalue weighted by atomic mass is 79.9. The number of halogens is 3. The summed E-state index contributed by atoms with van der Waals surface area (Å²) in [7, 11) is 0. The lowest BCUT2D eigenvalue weighted by molar-refractivity contribution is -0.139. The second-order valence-electron chi connectivity index (χ2n) is 8.96. The molecule has 3 aromatic carbocycles. The van der Waals surface area contributed by atoms with E-state index >= 15 is 0 Å². The predicted octanol–water partition coefficient (Wildman–Crippen LogP) is 5.93. The number of esters is 1. The number of fused-ring (bicyclic) bond motifs is 1. The lowest BCUT2D eigenvalue weighted by atomic mass is 9.96. The van der Waals surface area contributed by atoms with Crippen molar-refractivity contribution >= 4 is 50.9 Å². The summed E-state index contributed by atoms with van der Waals surface area (Å²) >= 11 is 10.7. The van der Waals surface area contributed by atoms with Gasteiger partial charge in [0.2, 0.25) is 0 Å². The quantitative estimate of drug-likeness (QED) is 0.235. The molecule has 0 unspecified atom stereocenters. The van der Waals surface area contributed by atoms with Crippen molar-refractivity contribution in [2.24, 2.45) is 4.99 Å². The average Bonchev–Trinajstić information content (AvgIpc) is 3.23. The molecular formula is C30H23BrClFN2O4S. The van der Waals surface area contributed by atoms with E-state index in [9.17, 15) is 14.0 Å². The number of hydrogen-bond acceptors (Lipinski definition) is 6. The molecular weight excluding hydrogens is 619 g/mol. The fourth-order valence-corrected chi connectivity index (χ4v) is 6.05. The zero-order valence-corrected chi connectivity index (χ0v) is 24.6. The Hall–Kier alpha value is -3.53. The molecule has 1 aromatic heterocycles. The largest absolute Gasteiger partial charge is 0.488 e. The van der Waals surface area contributed by atoms with Crippen molar-refractivity contribution in [1.29, 1.82) is 0 Å². The molecule has 0 saturated carbocycles. The van der Waals surface area contributed by atoms with Crippen LogP contribution in [0.2, 0.25) is 5.02 Å². The molecule has 0 spiro atoms. The molecule has 0 aliphatic carbocycles. The first-order valence-corrected chi connectivity index (χ1v) is 14.4. The van der Waals surface area contributed by atoms with E-state index in [0.29, 0.717) is 38.0 Å². The Morgan fingerprint density at radius 1 is 1.15 bits per heavy atom. The smallest absolute Gasteiger partial charge is 0.338 e. The van der Waals surface area contributed by atoms with E-state index in [0.717, 1.165) is 15.6 Å². The van der Waals surface area contributed by atoms with Crippen molar-refractivity contribution in [1.82, 2.24) is 4.57 Å². The Morgan fingerprint density at radius 2 is 1.88 bits per heavy atom. The van der Waals surface area contributed by atoms with E-state index in [1.54, 1.807) is 32.1 Å². The third-order valence-corrected chi connectivity index (χ3v) is 8.12. The van der Waals surface area contributed by atoms with Crippen LogP contribution in [0.3, 0.4) is 0 Å². The monoisotopic (exact) mass is 640 g/mol. The Labute approximate surface area is 246 Å². The van der Waals surface area contributed by atoms with Gasteiger partial charge in [-0.3, -0.25) is 9.36 Å². The molecule has 0 N–H and O–H groups in total. The van der Waals surface area contributed by atoms with E-state index in [2.05, 4.69) is 20.9 Å². The Kier molecular flexibility index (Phi) is 8.35. The maximum atomic E-state index is 13.7. The van der Waals surface area contributed by atoms with Gasteiger partial charge in [0.05, 0.1) is 32.9 Å². The molecule has 6 nitrogen and oxygen atoms in total. The minimum absolute atomic E-state index is 0.171. The zero-order valence-electron chi connectivity index (χ0n) is 21.5. The summed E-state index contributed by atoms with van der Waals surface area (Å²) in [5, 5.41) is 0.663. The summed E-state index contributed by atoms with van der Waals surface area (Å²) in [5.74, 6) is -0.328. The maximum Gasteiger partial charge on any atom is 0.338 e. The molecule has 0 fully saturated rings. The molecule has 1 aliphatic heterocycles. The van der Waals surface area contributed by atoms with Gasteiger partial charge in [-0.25, -0.2) is 14.2 Å². The van der Waals surface area contributed by atoms with Crippen molar-refractivity contribution < 1.29 is 18.7 Å². The van der Waals surface area contributed by atoms with Crippen molar-refractivity contribution in [3.8, 4) is 5.75 Å². The number of allylic oxidation sites excluding steroid dienone is 1. The summed E-state index contributed by atoms with van der Waals surface area (Å²) < 4.78 is 27.6. The molecule has 4 aromatic rings. The molecule has 10 heteroatoms. The van der Waals surface area contributed by atoms with E-state index in [-0.39, 0.29) is 17.7 Å². The number of hydrogen-bond donors (Lipinski definition) is 0. The fraction of sp³-hybridized carbons (Fsp3) is 0.167. The number of nitrogens with zero attached hydrogens (tertiary/aromatic N) is 2. The van der Waals surface area contributed by atoms with Gasteiger partial charge in [-0.05, 0) is 88.9 Å². The normalized spacial score (nSPS) is 15.0. The van der Waals surface area contributed by atoms with Crippen LogP contribution in [0.5, 0.6) is 5.75 Å². The second kappa shape index (κ2) is 11.9. The van der Waals surface area contributed by atoms with Crippen molar-refractivity contribution in [2.75, 3.05) is 6.61 Å². The molecule has 2 heterocycles. The molecule has 1 atom stereocenters. The second-order valence-corrected chi connectivity index (χ2v) is 11.3. The fourth-order valence-electron chi connectivity index (χ4n) is 4.37.